The third-order valence-corrected chi connectivity index (χ3v) is 5.47. The van der Waals surface area contributed by atoms with Crippen LogP contribution in [0, 0.1) is 13.8 Å². The SMILES string of the molecule is COc1nc(C)c(C(=O)N2CCCC(c3cccc(C)c3)C2)s1. The molecule has 1 aliphatic rings. The van der Waals surface area contributed by atoms with Crippen LogP contribution in [0.5, 0.6) is 5.19 Å². The number of hydrogen-bond acceptors (Lipinski definition) is 4. The molecule has 1 saturated heterocycles. The van der Waals surface area contributed by atoms with Crippen LogP contribution in [-0.4, -0.2) is 36.0 Å². The Morgan fingerprint density at radius 1 is 1.39 bits per heavy atom. The third-order valence-electron chi connectivity index (χ3n) is 4.37. The Morgan fingerprint density at radius 3 is 2.91 bits per heavy atom. The fourth-order valence-electron chi connectivity index (χ4n) is 3.16. The molecule has 23 heavy (non-hydrogen) atoms. The molecule has 0 radical (unpaired) electrons. The van der Waals surface area contributed by atoms with E-state index in [1.165, 1.54) is 22.5 Å². The topological polar surface area (TPSA) is 42.4 Å². The number of aryl methyl sites for hydroxylation is 2. The van der Waals surface area contributed by atoms with Gasteiger partial charge in [-0.3, -0.25) is 4.79 Å². The quantitative estimate of drug-likeness (QED) is 0.860. The van der Waals surface area contributed by atoms with Crippen molar-refractivity contribution in [3.63, 3.8) is 0 Å². The molecule has 1 unspecified atom stereocenters. The largest absolute Gasteiger partial charge is 0.473 e. The zero-order valence-electron chi connectivity index (χ0n) is 13.8. The lowest BCUT2D eigenvalue weighted by molar-refractivity contribution is 0.0711. The number of hydrogen-bond donors (Lipinski definition) is 0. The van der Waals surface area contributed by atoms with Crippen molar-refractivity contribution in [3.05, 3.63) is 46.0 Å². The molecule has 1 fully saturated rings. The first-order valence-corrected chi connectivity index (χ1v) is 8.77. The highest BCUT2D eigenvalue weighted by Gasteiger charge is 2.28. The predicted molar refractivity (Wildman–Crippen MR) is 92.5 cm³/mol. The Bertz CT molecular complexity index is 711. The molecule has 0 N–H and O–H groups in total. The van der Waals surface area contributed by atoms with Crippen LogP contribution < -0.4 is 4.74 Å². The lowest BCUT2D eigenvalue weighted by atomic mass is 9.90. The van der Waals surface area contributed by atoms with Gasteiger partial charge in [0, 0.05) is 19.0 Å². The molecule has 1 aromatic heterocycles. The van der Waals surface area contributed by atoms with Crippen molar-refractivity contribution in [2.24, 2.45) is 0 Å². The molecule has 122 valence electrons. The fraction of sp³-hybridized carbons (Fsp3) is 0.444. The standard InChI is InChI=1S/C18H22N2O2S/c1-12-6-4-7-14(10-12)15-8-5-9-20(11-15)17(21)16-13(2)19-18(22-3)23-16/h4,6-7,10,15H,5,8-9,11H2,1-3H3. The van der Waals surface area contributed by atoms with Crippen LogP contribution in [0.4, 0.5) is 0 Å². The summed E-state index contributed by atoms with van der Waals surface area (Å²) in [5, 5.41) is 0.554. The van der Waals surface area contributed by atoms with Crippen molar-refractivity contribution in [3.8, 4) is 5.19 Å². The normalized spacial score (nSPS) is 18.0. The van der Waals surface area contributed by atoms with Crippen LogP contribution >= 0.6 is 11.3 Å². The van der Waals surface area contributed by atoms with Gasteiger partial charge < -0.3 is 9.64 Å². The molecule has 2 aromatic rings. The number of carbonyl (C=O) groups excluding carboxylic acids is 1. The van der Waals surface area contributed by atoms with Gasteiger partial charge in [-0.1, -0.05) is 41.2 Å². The summed E-state index contributed by atoms with van der Waals surface area (Å²) in [6.07, 6.45) is 2.18. The molecule has 1 amide bonds. The maximum Gasteiger partial charge on any atom is 0.273 e. The number of likely N-dealkylation sites (tertiary alicyclic amines) is 1. The van der Waals surface area contributed by atoms with E-state index in [0.717, 1.165) is 31.6 Å². The summed E-state index contributed by atoms with van der Waals surface area (Å²) in [6, 6.07) is 8.62. The van der Waals surface area contributed by atoms with Crippen molar-refractivity contribution in [2.45, 2.75) is 32.6 Å². The van der Waals surface area contributed by atoms with Crippen LogP contribution in [0.1, 0.15) is 45.3 Å². The number of aromatic nitrogens is 1. The van der Waals surface area contributed by atoms with Gasteiger partial charge in [0.2, 0.25) is 0 Å². The number of piperidine rings is 1. The van der Waals surface area contributed by atoms with Crippen molar-refractivity contribution in [1.82, 2.24) is 9.88 Å². The van der Waals surface area contributed by atoms with Crippen LogP contribution in [0.2, 0.25) is 0 Å². The smallest absolute Gasteiger partial charge is 0.273 e. The molecule has 0 saturated carbocycles. The third kappa shape index (κ3) is 3.39. The van der Waals surface area contributed by atoms with Gasteiger partial charge in [0.25, 0.3) is 11.1 Å². The van der Waals surface area contributed by atoms with E-state index in [9.17, 15) is 4.79 Å². The Kier molecular flexibility index (Phi) is 4.66. The number of thiazole rings is 1. The monoisotopic (exact) mass is 330 g/mol. The molecule has 0 spiro atoms. The molecule has 2 heterocycles. The van der Waals surface area contributed by atoms with E-state index < -0.39 is 0 Å². The first-order chi connectivity index (χ1) is 11.1. The van der Waals surface area contributed by atoms with Gasteiger partial charge in [-0.15, -0.1) is 0 Å². The molecule has 1 aliphatic heterocycles. The van der Waals surface area contributed by atoms with Gasteiger partial charge in [0.05, 0.1) is 12.8 Å². The van der Waals surface area contributed by atoms with E-state index in [4.69, 9.17) is 4.74 Å². The van der Waals surface area contributed by atoms with Gasteiger partial charge >= 0.3 is 0 Å². The molecule has 0 bridgehead atoms. The maximum absolute atomic E-state index is 12.8. The number of nitrogens with zero attached hydrogens (tertiary/aromatic N) is 2. The molecular weight excluding hydrogens is 308 g/mol. The second-order valence-corrected chi connectivity index (χ2v) is 7.06. The van der Waals surface area contributed by atoms with Gasteiger partial charge in [-0.2, -0.15) is 0 Å². The number of amides is 1. The zero-order valence-corrected chi connectivity index (χ0v) is 14.7. The minimum Gasteiger partial charge on any atom is -0.473 e. The number of methoxy groups -OCH3 is 1. The highest BCUT2D eigenvalue weighted by atomic mass is 32.1. The lowest BCUT2D eigenvalue weighted by Crippen LogP contribution is -2.39. The highest BCUT2D eigenvalue weighted by Crippen LogP contribution is 2.31. The second-order valence-electron chi connectivity index (χ2n) is 6.10. The van der Waals surface area contributed by atoms with E-state index in [1.54, 1.807) is 7.11 Å². The number of ether oxygens (including phenoxy) is 1. The lowest BCUT2D eigenvalue weighted by Gasteiger charge is -2.33. The number of benzene rings is 1. The van der Waals surface area contributed by atoms with Gasteiger partial charge in [0.1, 0.15) is 4.88 Å². The predicted octanol–water partition coefficient (Wildman–Crippen LogP) is 3.79. The average molecular weight is 330 g/mol. The second kappa shape index (κ2) is 6.71. The highest BCUT2D eigenvalue weighted by molar-refractivity contribution is 7.15. The van der Waals surface area contributed by atoms with Crippen molar-refractivity contribution in [2.75, 3.05) is 20.2 Å². The minimum absolute atomic E-state index is 0.0839. The van der Waals surface area contributed by atoms with E-state index in [1.807, 2.05) is 11.8 Å². The van der Waals surface area contributed by atoms with E-state index in [-0.39, 0.29) is 5.91 Å². The summed E-state index contributed by atoms with van der Waals surface area (Å²) < 4.78 is 5.15. The Morgan fingerprint density at radius 2 is 2.22 bits per heavy atom. The molecule has 4 nitrogen and oxygen atoms in total. The van der Waals surface area contributed by atoms with Crippen molar-refractivity contribution in [1.29, 1.82) is 0 Å². The molecular formula is C18H22N2O2S. The van der Waals surface area contributed by atoms with E-state index >= 15 is 0 Å². The Hall–Kier alpha value is -1.88. The molecule has 0 aliphatic carbocycles. The molecule has 1 atom stereocenters. The summed E-state index contributed by atoms with van der Waals surface area (Å²) in [7, 11) is 1.58. The molecule has 1 aromatic carbocycles. The molecule has 5 heteroatoms. The molecule has 3 rings (SSSR count). The Labute approximate surface area is 141 Å². The van der Waals surface area contributed by atoms with Crippen molar-refractivity contribution >= 4 is 17.2 Å². The maximum atomic E-state index is 12.8. The Balaban J connectivity index is 1.77. The average Bonchev–Trinajstić information content (AvgIpc) is 2.95. The first kappa shape index (κ1) is 16.0. The fourth-order valence-corrected chi connectivity index (χ4v) is 4.01. The van der Waals surface area contributed by atoms with E-state index in [0.29, 0.717) is 16.0 Å². The minimum atomic E-state index is 0.0839. The van der Waals surface area contributed by atoms with Gasteiger partial charge in [0.15, 0.2) is 0 Å². The van der Waals surface area contributed by atoms with Gasteiger partial charge in [-0.05, 0) is 32.3 Å². The summed E-state index contributed by atoms with van der Waals surface area (Å²) >= 11 is 1.34. The van der Waals surface area contributed by atoms with Crippen LogP contribution in [0.15, 0.2) is 24.3 Å². The first-order valence-electron chi connectivity index (χ1n) is 7.95. The van der Waals surface area contributed by atoms with Crippen molar-refractivity contribution < 1.29 is 9.53 Å². The van der Waals surface area contributed by atoms with E-state index in [2.05, 4.69) is 36.2 Å². The summed E-state index contributed by atoms with van der Waals surface area (Å²) in [6.45, 7) is 5.58. The van der Waals surface area contributed by atoms with Crippen LogP contribution in [0.3, 0.4) is 0 Å². The van der Waals surface area contributed by atoms with Crippen LogP contribution in [0.25, 0.3) is 0 Å². The summed E-state index contributed by atoms with van der Waals surface area (Å²) in [5.41, 5.74) is 3.37. The summed E-state index contributed by atoms with van der Waals surface area (Å²) in [5.74, 6) is 0.503. The number of rotatable bonds is 3. The zero-order chi connectivity index (χ0) is 16.4. The summed E-state index contributed by atoms with van der Waals surface area (Å²) in [4.78, 5) is 19.8. The number of carbonyl (C=O) groups is 1. The van der Waals surface area contributed by atoms with Gasteiger partial charge in [-0.25, -0.2) is 4.98 Å². The van der Waals surface area contributed by atoms with Crippen LogP contribution in [-0.2, 0) is 0 Å².